The minimum absolute atomic E-state index is 0.382. The summed E-state index contributed by atoms with van der Waals surface area (Å²) >= 11 is 0. The highest BCUT2D eigenvalue weighted by atomic mass is 16.5. The van der Waals surface area contributed by atoms with E-state index in [9.17, 15) is 9.59 Å². The highest BCUT2D eigenvalue weighted by Crippen LogP contribution is 2.25. The Morgan fingerprint density at radius 2 is 1.46 bits per heavy atom. The molecule has 0 heterocycles. The first-order valence-electron chi connectivity index (χ1n) is 7.86. The van der Waals surface area contributed by atoms with E-state index in [1.807, 2.05) is 54.6 Å². The molecule has 0 saturated carbocycles. The van der Waals surface area contributed by atoms with Gasteiger partial charge in [-0.2, -0.15) is 0 Å². The van der Waals surface area contributed by atoms with Gasteiger partial charge in [0.05, 0.1) is 0 Å². The van der Waals surface area contributed by atoms with Crippen LogP contribution in [0.2, 0.25) is 0 Å². The van der Waals surface area contributed by atoms with Gasteiger partial charge in [-0.15, -0.1) is 0 Å². The van der Waals surface area contributed by atoms with Gasteiger partial charge in [-0.3, -0.25) is 0 Å². The summed E-state index contributed by atoms with van der Waals surface area (Å²) in [5.74, 6) is 7.30. The zero-order valence-corrected chi connectivity index (χ0v) is 13.8. The summed E-state index contributed by atoms with van der Waals surface area (Å²) in [6, 6.07) is 23.7. The maximum Gasteiger partial charge on any atom is 0.151 e. The van der Waals surface area contributed by atoms with E-state index >= 15 is 0 Å². The maximum absolute atomic E-state index is 10.8. The van der Waals surface area contributed by atoms with Crippen LogP contribution in [0.25, 0.3) is 0 Å². The molecular formula is C22H14NO3-. The van der Waals surface area contributed by atoms with Crippen LogP contribution in [0.15, 0.2) is 78.9 Å². The topological polar surface area (TPSA) is 46.6 Å². The van der Waals surface area contributed by atoms with Crippen LogP contribution < -0.4 is 9.64 Å². The van der Waals surface area contributed by atoms with Crippen LogP contribution in [0.3, 0.4) is 0 Å². The predicted octanol–water partition coefficient (Wildman–Crippen LogP) is 3.91. The number of carbonyl (C=O) groups is 1. The molecule has 0 spiro atoms. The normalized spacial score (nSPS) is 9.54. The molecule has 126 valence electrons. The van der Waals surface area contributed by atoms with Gasteiger partial charge in [-0.25, -0.2) is 0 Å². The smallest absolute Gasteiger partial charge is 0.151 e. The van der Waals surface area contributed by atoms with Crippen LogP contribution in [0, 0.1) is 11.8 Å². The molecule has 3 rings (SSSR count). The number of hydrogen-bond acceptors (Lipinski definition) is 3. The third kappa shape index (κ3) is 4.37. The van der Waals surface area contributed by atoms with Gasteiger partial charge in [0.2, 0.25) is 0 Å². The molecule has 0 bridgehead atoms. The molecule has 0 unspecified atom stereocenters. The second kappa shape index (κ2) is 8.32. The molecule has 0 atom stereocenters. The number of benzene rings is 3. The number of hydrogen-bond donors (Lipinski definition) is 0. The molecule has 26 heavy (non-hydrogen) atoms. The lowest BCUT2D eigenvalue weighted by atomic mass is 10.2. The van der Waals surface area contributed by atoms with Gasteiger partial charge in [0.25, 0.3) is 0 Å². The van der Waals surface area contributed by atoms with Crippen LogP contribution in [-0.2, 0) is 9.59 Å². The number of rotatable bonds is 5. The molecule has 4 nitrogen and oxygen atoms in total. The van der Waals surface area contributed by atoms with Crippen LogP contribution in [-0.4, -0.2) is 12.8 Å². The second-order valence-corrected chi connectivity index (χ2v) is 5.31. The molecule has 0 aliphatic carbocycles. The Bertz CT molecular complexity index is 963. The second-order valence-electron chi connectivity index (χ2n) is 5.31. The van der Waals surface area contributed by atoms with Crippen molar-refractivity contribution >= 4 is 18.5 Å². The van der Waals surface area contributed by atoms with Crippen molar-refractivity contribution in [1.82, 2.24) is 0 Å². The van der Waals surface area contributed by atoms with Gasteiger partial charge in [-0.05, 0) is 36.4 Å². The lowest BCUT2D eigenvalue weighted by Crippen LogP contribution is -2.17. The van der Waals surface area contributed by atoms with E-state index in [1.165, 1.54) is 0 Å². The van der Waals surface area contributed by atoms with Crippen molar-refractivity contribution in [3.05, 3.63) is 90.0 Å². The summed E-state index contributed by atoms with van der Waals surface area (Å²) in [7, 11) is 0. The average molecular weight is 340 g/mol. The Morgan fingerprint density at radius 3 is 2.19 bits per heavy atom. The Balaban J connectivity index is 1.79. The lowest BCUT2D eigenvalue weighted by molar-refractivity contribution is -0.106. The van der Waals surface area contributed by atoms with Crippen molar-refractivity contribution in [3.63, 3.8) is 0 Å². The van der Waals surface area contributed by atoms with E-state index in [4.69, 9.17) is 4.74 Å². The first-order chi connectivity index (χ1) is 12.8. The van der Waals surface area contributed by atoms with Crippen LogP contribution in [0.4, 0.5) is 5.69 Å². The molecule has 0 aromatic heterocycles. The van der Waals surface area contributed by atoms with Crippen molar-refractivity contribution in [2.45, 2.75) is 0 Å². The van der Waals surface area contributed by atoms with Gasteiger partial charge in [0.15, 0.2) is 6.41 Å². The summed E-state index contributed by atoms with van der Waals surface area (Å²) in [5, 5.41) is 0. The fourth-order valence-corrected chi connectivity index (χ4v) is 2.27. The van der Waals surface area contributed by atoms with Crippen molar-refractivity contribution in [2.75, 3.05) is 4.90 Å². The molecule has 0 saturated heterocycles. The lowest BCUT2D eigenvalue weighted by Gasteiger charge is -2.19. The Kier molecular flexibility index (Phi) is 5.44. The van der Waals surface area contributed by atoms with Gasteiger partial charge in [-0.1, -0.05) is 60.0 Å². The number of ether oxygens (including phenoxy) is 1. The van der Waals surface area contributed by atoms with E-state index in [1.54, 1.807) is 30.7 Å². The van der Waals surface area contributed by atoms with Crippen molar-refractivity contribution in [2.24, 2.45) is 0 Å². The minimum atomic E-state index is 0.382. The SMILES string of the molecule is O=[C-]N(C=O)c1cccc(Oc2cccc(C#Cc3ccccc3)c2)c1. The van der Waals surface area contributed by atoms with E-state index < -0.39 is 0 Å². The van der Waals surface area contributed by atoms with E-state index in [0.717, 1.165) is 16.0 Å². The maximum atomic E-state index is 10.8. The highest BCUT2D eigenvalue weighted by Gasteiger charge is 2.00. The number of amides is 2. The van der Waals surface area contributed by atoms with Crippen molar-refractivity contribution < 1.29 is 14.3 Å². The molecular weight excluding hydrogens is 326 g/mol. The summed E-state index contributed by atoms with van der Waals surface area (Å²) in [6.07, 6.45) is 1.94. The zero-order valence-electron chi connectivity index (χ0n) is 13.8. The average Bonchev–Trinajstić information content (AvgIpc) is 2.69. The molecule has 0 aliphatic rings. The molecule has 0 fully saturated rings. The van der Waals surface area contributed by atoms with E-state index in [0.29, 0.717) is 23.6 Å². The predicted molar refractivity (Wildman–Crippen MR) is 99.6 cm³/mol. The monoisotopic (exact) mass is 340 g/mol. The van der Waals surface area contributed by atoms with Gasteiger partial charge >= 0.3 is 0 Å². The first-order valence-corrected chi connectivity index (χ1v) is 7.86. The van der Waals surface area contributed by atoms with E-state index in [2.05, 4.69) is 11.8 Å². The Morgan fingerprint density at radius 1 is 0.808 bits per heavy atom. The van der Waals surface area contributed by atoms with Gasteiger partial charge in [0, 0.05) is 11.1 Å². The minimum Gasteiger partial charge on any atom is -0.458 e. The van der Waals surface area contributed by atoms with Crippen LogP contribution >= 0.6 is 0 Å². The van der Waals surface area contributed by atoms with Crippen LogP contribution in [0.1, 0.15) is 11.1 Å². The third-order valence-corrected chi connectivity index (χ3v) is 3.49. The Hall–Kier alpha value is -3.84. The number of imide groups is 1. The first kappa shape index (κ1) is 17.0. The largest absolute Gasteiger partial charge is 0.458 e. The van der Waals surface area contributed by atoms with Crippen molar-refractivity contribution in [1.29, 1.82) is 0 Å². The highest BCUT2D eigenvalue weighted by molar-refractivity contribution is 5.95. The Labute approximate surface area is 151 Å². The molecule has 0 aliphatic heterocycles. The third-order valence-electron chi connectivity index (χ3n) is 3.49. The van der Waals surface area contributed by atoms with Crippen molar-refractivity contribution in [3.8, 4) is 23.3 Å². The summed E-state index contributed by atoms with van der Waals surface area (Å²) in [6.45, 7) is 0. The number of nitrogens with zero attached hydrogens (tertiary/aromatic N) is 1. The molecule has 3 aromatic carbocycles. The standard InChI is InChI=1S/C22H14NO3/c24-16-23(17-25)20-9-5-11-22(15-20)26-21-10-4-8-19(14-21)13-12-18-6-2-1-3-7-18/h1-11,14-16H/q-1. The molecule has 0 N–H and O–H groups in total. The fraction of sp³-hybridized carbons (Fsp3) is 0. The van der Waals surface area contributed by atoms with Crippen LogP contribution in [0.5, 0.6) is 11.5 Å². The molecule has 2 amide bonds. The van der Waals surface area contributed by atoms with E-state index in [-0.39, 0.29) is 0 Å². The molecule has 3 aromatic rings. The fourth-order valence-electron chi connectivity index (χ4n) is 2.27. The number of carbonyl (C=O) groups excluding carboxylic acids is 2. The quantitative estimate of drug-likeness (QED) is 0.306. The number of anilines is 1. The summed E-state index contributed by atoms with van der Waals surface area (Å²) in [5.41, 5.74) is 2.14. The summed E-state index contributed by atoms with van der Waals surface area (Å²) in [4.78, 5) is 22.4. The molecule has 4 heteroatoms. The zero-order chi connectivity index (χ0) is 18.2. The molecule has 0 radical (unpaired) electrons. The van der Waals surface area contributed by atoms with Gasteiger partial charge in [0.1, 0.15) is 17.9 Å². The van der Waals surface area contributed by atoms with Gasteiger partial charge < -0.3 is 19.2 Å². The summed E-state index contributed by atoms with van der Waals surface area (Å²) < 4.78 is 5.81.